The standard InChI is InChI=1S/C31H41N5O2S/c1-3-19-36(31-32-17-10-18-33-31)27-15-20-35(21-16-27)24-26-22-28(23-30(26)25-11-6-4-7-12-25)34(2)39(37,38)29-13-8-5-9-14-29/h4-14,17-18,26-28,30H,3,15-16,19-24H2,1-2H3/t26-,28+,30-/m1/s1. The molecule has 39 heavy (non-hydrogen) atoms. The Morgan fingerprint density at radius 3 is 2.15 bits per heavy atom. The lowest BCUT2D eigenvalue weighted by Gasteiger charge is -2.39. The van der Waals surface area contributed by atoms with E-state index in [2.05, 4.69) is 57.0 Å². The minimum atomic E-state index is -3.53. The predicted octanol–water partition coefficient (Wildman–Crippen LogP) is 5.04. The van der Waals surface area contributed by atoms with Gasteiger partial charge in [-0.15, -0.1) is 0 Å². The van der Waals surface area contributed by atoms with Crippen LogP contribution in [0.1, 0.15) is 50.5 Å². The molecule has 208 valence electrons. The van der Waals surface area contributed by atoms with Gasteiger partial charge in [0.15, 0.2) is 0 Å². The normalized spacial score (nSPS) is 22.8. The average molecular weight is 548 g/mol. The van der Waals surface area contributed by atoms with Crippen LogP contribution in [0.2, 0.25) is 0 Å². The molecule has 0 amide bonds. The lowest BCUT2D eigenvalue weighted by molar-refractivity contribution is 0.173. The third-order valence-corrected chi connectivity index (χ3v) is 10.5. The molecule has 2 aromatic carbocycles. The van der Waals surface area contributed by atoms with Gasteiger partial charge in [-0.25, -0.2) is 18.4 Å². The molecule has 0 radical (unpaired) electrons. The maximum absolute atomic E-state index is 13.4. The second kappa shape index (κ2) is 12.6. The summed E-state index contributed by atoms with van der Waals surface area (Å²) < 4.78 is 28.5. The van der Waals surface area contributed by atoms with Gasteiger partial charge in [0.25, 0.3) is 0 Å². The number of rotatable bonds is 10. The van der Waals surface area contributed by atoms with Crippen molar-refractivity contribution < 1.29 is 8.42 Å². The monoisotopic (exact) mass is 547 g/mol. The molecule has 8 heteroatoms. The molecule has 0 N–H and O–H groups in total. The number of benzene rings is 2. The third kappa shape index (κ3) is 6.34. The van der Waals surface area contributed by atoms with Gasteiger partial charge in [0.05, 0.1) is 4.90 Å². The van der Waals surface area contributed by atoms with E-state index in [0.29, 0.717) is 22.8 Å². The Bertz CT molecular complexity index is 1270. The summed E-state index contributed by atoms with van der Waals surface area (Å²) in [5, 5.41) is 0. The van der Waals surface area contributed by atoms with Crippen LogP contribution in [0.25, 0.3) is 0 Å². The molecule has 1 saturated heterocycles. The van der Waals surface area contributed by atoms with E-state index >= 15 is 0 Å². The number of hydrogen-bond acceptors (Lipinski definition) is 6. The lowest BCUT2D eigenvalue weighted by Crippen LogP contribution is -2.47. The van der Waals surface area contributed by atoms with Crippen LogP contribution in [0.15, 0.2) is 84.0 Å². The summed E-state index contributed by atoms with van der Waals surface area (Å²) >= 11 is 0. The molecule has 2 fully saturated rings. The molecule has 1 saturated carbocycles. The average Bonchev–Trinajstić information content (AvgIpc) is 3.41. The van der Waals surface area contributed by atoms with Gasteiger partial charge in [-0.05, 0) is 67.7 Å². The van der Waals surface area contributed by atoms with E-state index in [1.54, 1.807) is 35.6 Å². The largest absolute Gasteiger partial charge is 0.338 e. The van der Waals surface area contributed by atoms with Crippen molar-refractivity contribution in [3.8, 4) is 0 Å². The molecule has 1 aromatic heterocycles. The highest BCUT2D eigenvalue weighted by atomic mass is 32.2. The van der Waals surface area contributed by atoms with Crippen molar-refractivity contribution in [3.63, 3.8) is 0 Å². The quantitative estimate of drug-likeness (QED) is 0.354. The van der Waals surface area contributed by atoms with E-state index in [9.17, 15) is 8.42 Å². The first kappa shape index (κ1) is 27.7. The van der Waals surface area contributed by atoms with E-state index in [0.717, 1.165) is 64.2 Å². The Labute approximate surface area is 233 Å². The second-order valence-corrected chi connectivity index (χ2v) is 13.0. The van der Waals surface area contributed by atoms with E-state index < -0.39 is 10.0 Å². The molecule has 2 heterocycles. The van der Waals surface area contributed by atoms with Gasteiger partial charge in [-0.2, -0.15) is 4.31 Å². The number of likely N-dealkylation sites (tertiary alicyclic amines) is 1. The summed E-state index contributed by atoms with van der Waals surface area (Å²) in [6.07, 6.45) is 8.63. The van der Waals surface area contributed by atoms with Crippen LogP contribution in [-0.2, 0) is 10.0 Å². The van der Waals surface area contributed by atoms with Crippen molar-refractivity contribution in [1.82, 2.24) is 19.2 Å². The van der Waals surface area contributed by atoms with Gasteiger partial charge >= 0.3 is 0 Å². The van der Waals surface area contributed by atoms with Gasteiger partial charge in [0, 0.05) is 57.7 Å². The van der Waals surface area contributed by atoms with E-state index in [1.807, 2.05) is 24.5 Å². The smallest absolute Gasteiger partial charge is 0.243 e. The van der Waals surface area contributed by atoms with Gasteiger partial charge in [-0.1, -0.05) is 55.5 Å². The number of nitrogens with zero attached hydrogens (tertiary/aromatic N) is 5. The number of anilines is 1. The summed E-state index contributed by atoms with van der Waals surface area (Å²) in [4.78, 5) is 14.4. The molecule has 1 aliphatic heterocycles. The molecule has 1 aliphatic carbocycles. The zero-order valence-electron chi connectivity index (χ0n) is 23.1. The first-order chi connectivity index (χ1) is 19.0. The van der Waals surface area contributed by atoms with Crippen molar-refractivity contribution in [3.05, 3.63) is 84.7 Å². The first-order valence-electron chi connectivity index (χ1n) is 14.3. The van der Waals surface area contributed by atoms with E-state index in [-0.39, 0.29) is 6.04 Å². The second-order valence-electron chi connectivity index (χ2n) is 11.0. The Kier molecular flexibility index (Phi) is 8.95. The van der Waals surface area contributed by atoms with Crippen molar-refractivity contribution in [1.29, 1.82) is 0 Å². The maximum atomic E-state index is 13.4. The Morgan fingerprint density at radius 2 is 1.51 bits per heavy atom. The third-order valence-electron chi connectivity index (χ3n) is 8.60. The number of piperidine rings is 1. The van der Waals surface area contributed by atoms with Crippen molar-refractivity contribution in [2.45, 2.75) is 61.9 Å². The van der Waals surface area contributed by atoms with Gasteiger partial charge in [-0.3, -0.25) is 0 Å². The van der Waals surface area contributed by atoms with Gasteiger partial charge in [0.1, 0.15) is 0 Å². The summed E-state index contributed by atoms with van der Waals surface area (Å²) in [5.41, 5.74) is 1.32. The van der Waals surface area contributed by atoms with E-state index in [1.165, 1.54) is 5.56 Å². The minimum absolute atomic E-state index is 0.0155. The van der Waals surface area contributed by atoms with E-state index in [4.69, 9.17) is 0 Å². The Morgan fingerprint density at radius 1 is 0.872 bits per heavy atom. The van der Waals surface area contributed by atoms with Crippen LogP contribution in [0, 0.1) is 5.92 Å². The van der Waals surface area contributed by atoms with Crippen LogP contribution in [0.5, 0.6) is 0 Å². The topological polar surface area (TPSA) is 69.6 Å². The number of aromatic nitrogens is 2. The summed E-state index contributed by atoms with van der Waals surface area (Å²) in [7, 11) is -1.77. The van der Waals surface area contributed by atoms with Crippen LogP contribution in [0.4, 0.5) is 5.95 Å². The highest BCUT2D eigenvalue weighted by Gasteiger charge is 2.41. The molecule has 7 nitrogen and oxygen atoms in total. The van der Waals surface area contributed by atoms with Gasteiger partial charge in [0.2, 0.25) is 16.0 Å². The van der Waals surface area contributed by atoms with Crippen LogP contribution < -0.4 is 4.90 Å². The van der Waals surface area contributed by atoms with Crippen molar-refractivity contribution in [2.75, 3.05) is 38.1 Å². The number of hydrogen-bond donors (Lipinski definition) is 0. The molecule has 3 atom stereocenters. The molecule has 0 unspecified atom stereocenters. The highest BCUT2D eigenvalue weighted by Crippen LogP contribution is 2.43. The fourth-order valence-electron chi connectivity index (χ4n) is 6.53. The zero-order valence-corrected chi connectivity index (χ0v) is 24.0. The summed E-state index contributed by atoms with van der Waals surface area (Å²) in [6, 6.07) is 21.8. The first-order valence-corrected chi connectivity index (χ1v) is 15.8. The Balaban J connectivity index is 1.27. The molecule has 3 aromatic rings. The summed E-state index contributed by atoms with van der Waals surface area (Å²) in [5.74, 6) is 1.59. The molecule has 2 aliphatic rings. The fraction of sp³-hybridized carbons (Fsp3) is 0.484. The maximum Gasteiger partial charge on any atom is 0.243 e. The summed E-state index contributed by atoms with van der Waals surface area (Å²) in [6.45, 7) is 6.26. The highest BCUT2D eigenvalue weighted by molar-refractivity contribution is 7.89. The molecule has 0 spiro atoms. The van der Waals surface area contributed by atoms with Crippen molar-refractivity contribution >= 4 is 16.0 Å². The molecular formula is C31H41N5O2S. The SMILES string of the molecule is CCCN(c1ncccn1)C1CCN(C[C@H]2C[C@H](N(C)S(=O)(=O)c3ccccc3)C[C@@H]2c2ccccc2)CC1. The minimum Gasteiger partial charge on any atom is -0.338 e. The van der Waals surface area contributed by atoms with Crippen LogP contribution >= 0.6 is 0 Å². The fourth-order valence-corrected chi connectivity index (χ4v) is 7.93. The van der Waals surface area contributed by atoms with Gasteiger partial charge < -0.3 is 9.80 Å². The predicted molar refractivity (Wildman–Crippen MR) is 156 cm³/mol. The van der Waals surface area contributed by atoms with Crippen LogP contribution in [0.3, 0.4) is 0 Å². The van der Waals surface area contributed by atoms with Crippen molar-refractivity contribution in [2.24, 2.45) is 5.92 Å². The van der Waals surface area contributed by atoms with Crippen LogP contribution in [-0.4, -0.2) is 72.9 Å². The molecule has 0 bridgehead atoms. The molecular weight excluding hydrogens is 506 g/mol. The lowest BCUT2D eigenvalue weighted by atomic mass is 9.88. The zero-order chi connectivity index (χ0) is 27.2. The molecule has 5 rings (SSSR count). The number of sulfonamides is 1. The Hall–Kier alpha value is -2.81.